The van der Waals surface area contributed by atoms with E-state index in [9.17, 15) is 10.2 Å². The number of nitrogens with one attached hydrogen (secondary N) is 1. The molecule has 10 atom stereocenters. The molecule has 5 nitrogen and oxygen atoms in total. The molecule has 1 aromatic heterocycles. The Morgan fingerprint density at radius 1 is 0.941 bits per heavy atom. The van der Waals surface area contributed by atoms with Crippen molar-refractivity contribution in [3.05, 3.63) is 11.6 Å². The third-order valence-electron chi connectivity index (χ3n) is 12.0. The Kier molecular flexibility index (Phi) is 5.92. The van der Waals surface area contributed by atoms with Crippen LogP contribution in [-0.2, 0) is 6.42 Å². The van der Waals surface area contributed by atoms with E-state index in [0.29, 0.717) is 46.3 Å². The molecular weight excluding hydrogens is 422 g/mol. The number of aromatic nitrogens is 3. The van der Waals surface area contributed by atoms with Gasteiger partial charge in [0, 0.05) is 12.3 Å². The third-order valence-corrected chi connectivity index (χ3v) is 12.0. The topological polar surface area (TPSA) is 82.0 Å². The fourth-order valence-electron chi connectivity index (χ4n) is 10.0. The molecule has 5 saturated carbocycles. The van der Waals surface area contributed by atoms with Gasteiger partial charge in [-0.3, -0.25) is 5.10 Å². The van der Waals surface area contributed by atoms with Crippen LogP contribution in [0.1, 0.15) is 115 Å². The summed E-state index contributed by atoms with van der Waals surface area (Å²) < 4.78 is 0. The first-order valence-corrected chi connectivity index (χ1v) is 14.6. The van der Waals surface area contributed by atoms with E-state index in [-0.39, 0.29) is 12.2 Å². The predicted molar refractivity (Wildman–Crippen MR) is 133 cm³/mol. The maximum absolute atomic E-state index is 11.8. The summed E-state index contributed by atoms with van der Waals surface area (Å²) in [4.78, 5) is 4.75. The Labute approximate surface area is 205 Å². The summed E-state index contributed by atoms with van der Waals surface area (Å²) in [5, 5.41) is 30.0. The van der Waals surface area contributed by atoms with Gasteiger partial charge in [-0.2, -0.15) is 5.10 Å². The molecule has 0 bridgehead atoms. The van der Waals surface area contributed by atoms with E-state index in [4.69, 9.17) is 4.98 Å². The van der Waals surface area contributed by atoms with Crippen molar-refractivity contribution < 1.29 is 10.2 Å². The second kappa shape index (κ2) is 8.57. The monoisotopic (exact) mass is 469 g/mol. The highest BCUT2D eigenvalue weighted by Crippen LogP contribution is 2.69. The number of fused-ring (bicyclic) bond motifs is 5. The summed E-state index contributed by atoms with van der Waals surface area (Å²) in [5.41, 5.74) is 0.674. The van der Waals surface area contributed by atoms with Gasteiger partial charge in [0.15, 0.2) is 5.82 Å². The molecule has 5 aliphatic carbocycles. The minimum Gasteiger partial charge on any atom is -0.393 e. The average Bonchev–Trinajstić information content (AvgIpc) is 3.47. The Morgan fingerprint density at radius 3 is 2.47 bits per heavy atom. The van der Waals surface area contributed by atoms with E-state index in [1.165, 1.54) is 51.4 Å². The van der Waals surface area contributed by atoms with Gasteiger partial charge >= 0.3 is 0 Å². The molecule has 0 radical (unpaired) electrons. The summed E-state index contributed by atoms with van der Waals surface area (Å²) in [7, 11) is 0. The predicted octanol–water partition coefficient (Wildman–Crippen LogP) is 5.63. The van der Waals surface area contributed by atoms with Gasteiger partial charge in [-0.15, -0.1) is 0 Å². The zero-order valence-corrected chi connectivity index (χ0v) is 21.7. The molecule has 0 spiro atoms. The molecule has 6 rings (SSSR count). The number of aliphatic hydroxyl groups excluding tert-OH is 2. The zero-order chi connectivity index (χ0) is 23.7. The number of aryl methyl sites for hydroxylation is 1. The lowest BCUT2D eigenvalue weighted by atomic mass is 9.41. The van der Waals surface area contributed by atoms with Crippen LogP contribution in [-0.4, -0.2) is 37.6 Å². The highest BCUT2D eigenvalue weighted by atomic mass is 16.3. The van der Waals surface area contributed by atoms with E-state index in [1.807, 2.05) is 0 Å². The molecule has 5 heteroatoms. The summed E-state index contributed by atoms with van der Waals surface area (Å²) in [6.07, 6.45) is 14.9. The number of aromatic amines is 1. The number of nitrogens with zero attached hydrogens (tertiary/aromatic N) is 2. The molecule has 34 heavy (non-hydrogen) atoms. The van der Waals surface area contributed by atoms with E-state index in [1.54, 1.807) is 0 Å². The van der Waals surface area contributed by atoms with Crippen LogP contribution in [0.5, 0.6) is 0 Å². The molecule has 5 aliphatic rings. The first-order chi connectivity index (χ1) is 16.3. The first kappa shape index (κ1) is 23.5. The molecule has 5 fully saturated rings. The Morgan fingerprint density at radius 2 is 1.71 bits per heavy atom. The quantitative estimate of drug-likeness (QED) is 0.504. The standard InChI is InChI=1S/C29H47N3O2/c1-4-20-23-16-19(33)12-14-29(23,3)22-13-15-28(2)18(10-11-21(28)25(22)26(20)34)6-5-7-24-30-27(32-31-24)17-8-9-17/h17-23,25-26,33-34H,4-16H2,1-3H3,(H,30,31,32)/t18-,19+,20+,21-,22-,23-,25-,26+,28+,29+/m0/s1. The molecule has 0 aliphatic heterocycles. The van der Waals surface area contributed by atoms with E-state index < -0.39 is 0 Å². The van der Waals surface area contributed by atoms with Crippen molar-refractivity contribution in [2.75, 3.05) is 0 Å². The number of aliphatic hydroxyl groups is 2. The SMILES string of the molecule is CC[C@H]1[C@@H](O)[C@@H]2[C@H](CC[C@]3(C)[C@@H](CCCc4nc(C5CC5)n[nH]4)CC[C@@H]23)[C@@]2(C)CC[C@@H](O)C[C@@H]12. The highest BCUT2D eigenvalue weighted by Gasteiger charge is 2.64. The van der Waals surface area contributed by atoms with Gasteiger partial charge in [0.1, 0.15) is 5.82 Å². The second-order valence-corrected chi connectivity index (χ2v) is 13.5. The number of hydrogen-bond acceptors (Lipinski definition) is 4. The van der Waals surface area contributed by atoms with Crippen LogP contribution in [0.15, 0.2) is 0 Å². The molecule has 190 valence electrons. The van der Waals surface area contributed by atoms with Crippen molar-refractivity contribution in [2.24, 2.45) is 46.3 Å². The van der Waals surface area contributed by atoms with E-state index in [0.717, 1.165) is 49.7 Å². The Bertz CT molecular complexity index is 882. The lowest BCUT2D eigenvalue weighted by molar-refractivity contribution is -0.202. The number of H-pyrrole nitrogens is 1. The normalized spacial score (nSPS) is 48.3. The van der Waals surface area contributed by atoms with Crippen molar-refractivity contribution >= 4 is 0 Å². The van der Waals surface area contributed by atoms with Gasteiger partial charge in [0.25, 0.3) is 0 Å². The molecule has 1 aromatic rings. The van der Waals surface area contributed by atoms with E-state index >= 15 is 0 Å². The third kappa shape index (κ3) is 3.62. The minimum atomic E-state index is -0.184. The molecule has 1 heterocycles. The minimum absolute atomic E-state index is 0.162. The number of hydrogen-bond donors (Lipinski definition) is 3. The van der Waals surface area contributed by atoms with Gasteiger partial charge in [-0.05, 0) is 117 Å². The maximum Gasteiger partial charge on any atom is 0.153 e. The molecule has 0 aromatic carbocycles. The Hall–Kier alpha value is -0.940. The highest BCUT2D eigenvalue weighted by molar-refractivity contribution is 5.13. The lowest BCUT2D eigenvalue weighted by Gasteiger charge is -2.64. The van der Waals surface area contributed by atoms with Gasteiger partial charge in [-0.1, -0.05) is 27.2 Å². The summed E-state index contributed by atoms with van der Waals surface area (Å²) >= 11 is 0. The maximum atomic E-state index is 11.8. The van der Waals surface area contributed by atoms with Crippen molar-refractivity contribution in [1.29, 1.82) is 0 Å². The molecule has 3 N–H and O–H groups in total. The van der Waals surface area contributed by atoms with Crippen LogP contribution >= 0.6 is 0 Å². The average molecular weight is 470 g/mol. The van der Waals surface area contributed by atoms with Crippen molar-refractivity contribution in [2.45, 2.75) is 122 Å². The number of rotatable bonds is 6. The van der Waals surface area contributed by atoms with Gasteiger partial charge in [0.2, 0.25) is 0 Å². The van der Waals surface area contributed by atoms with Crippen molar-refractivity contribution in [1.82, 2.24) is 15.2 Å². The first-order valence-electron chi connectivity index (χ1n) is 14.6. The smallest absolute Gasteiger partial charge is 0.153 e. The van der Waals surface area contributed by atoms with Gasteiger partial charge in [-0.25, -0.2) is 4.98 Å². The zero-order valence-electron chi connectivity index (χ0n) is 21.7. The summed E-state index contributed by atoms with van der Waals surface area (Å²) in [6, 6.07) is 0. The molecule has 0 saturated heterocycles. The second-order valence-electron chi connectivity index (χ2n) is 13.5. The van der Waals surface area contributed by atoms with E-state index in [2.05, 4.69) is 31.0 Å². The molecular formula is C29H47N3O2. The van der Waals surface area contributed by atoms with Crippen LogP contribution in [0.25, 0.3) is 0 Å². The van der Waals surface area contributed by atoms with Crippen LogP contribution < -0.4 is 0 Å². The fraction of sp³-hybridized carbons (Fsp3) is 0.931. The van der Waals surface area contributed by atoms with Crippen molar-refractivity contribution in [3.63, 3.8) is 0 Å². The molecule has 0 unspecified atom stereocenters. The lowest BCUT2D eigenvalue weighted by Crippen LogP contribution is -2.62. The van der Waals surface area contributed by atoms with Gasteiger partial charge < -0.3 is 10.2 Å². The Balaban J connectivity index is 1.16. The van der Waals surface area contributed by atoms with Crippen LogP contribution in [0.3, 0.4) is 0 Å². The fourth-order valence-corrected chi connectivity index (χ4v) is 10.0. The van der Waals surface area contributed by atoms with Crippen LogP contribution in [0, 0.1) is 46.3 Å². The van der Waals surface area contributed by atoms with Gasteiger partial charge in [0.05, 0.1) is 12.2 Å². The van der Waals surface area contributed by atoms with Crippen LogP contribution in [0.2, 0.25) is 0 Å². The summed E-state index contributed by atoms with van der Waals surface area (Å²) in [5.74, 6) is 6.12. The largest absolute Gasteiger partial charge is 0.393 e. The van der Waals surface area contributed by atoms with Crippen LogP contribution in [0.4, 0.5) is 0 Å². The molecule has 0 amide bonds. The van der Waals surface area contributed by atoms with Crippen molar-refractivity contribution in [3.8, 4) is 0 Å². The summed E-state index contributed by atoms with van der Waals surface area (Å²) in [6.45, 7) is 7.39.